The fourth-order valence-electron chi connectivity index (χ4n) is 3.51. The monoisotopic (exact) mass is 504 g/mol. The second-order valence-electron chi connectivity index (χ2n) is 7.34. The number of nitrogens with one attached hydrogen (secondary N) is 1. The van der Waals surface area contributed by atoms with Crippen LogP contribution in [0.25, 0.3) is 0 Å². The van der Waals surface area contributed by atoms with Crippen molar-refractivity contribution < 1.29 is 9.18 Å². The molecule has 0 atom stereocenters. The number of carbonyl (C=O) groups excluding carboxylic acids is 1. The molecule has 0 radical (unpaired) electrons. The summed E-state index contributed by atoms with van der Waals surface area (Å²) in [5, 5.41) is 3.54. The first-order valence-corrected chi connectivity index (χ1v) is 9.66. The van der Waals surface area contributed by atoms with Gasteiger partial charge >= 0.3 is 0 Å². The van der Waals surface area contributed by atoms with Crippen molar-refractivity contribution in [2.45, 2.75) is 31.7 Å². The van der Waals surface area contributed by atoms with Gasteiger partial charge in [-0.25, -0.2) is 14.4 Å². The van der Waals surface area contributed by atoms with Gasteiger partial charge < -0.3 is 20.0 Å². The van der Waals surface area contributed by atoms with Gasteiger partial charge in [0, 0.05) is 52.5 Å². The Morgan fingerprint density at radius 1 is 1.29 bits per heavy atom. The highest BCUT2D eigenvalue weighted by Gasteiger charge is 2.25. The molecule has 156 valence electrons. The van der Waals surface area contributed by atoms with Crippen LogP contribution in [0.1, 0.15) is 25.7 Å². The van der Waals surface area contributed by atoms with Crippen LogP contribution >= 0.6 is 24.0 Å². The second-order valence-corrected chi connectivity index (χ2v) is 7.34. The SMILES string of the molecule is CN(C)C(=O)CN=C(NC1CCCC1)N1CCN(c2ncccc2F)CC1.I. The van der Waals surface area contributed by atoms with Crippen LogP contribution in [0.2, 0.25) is 0 Å². The zero-order valence-corrected chi connectivity index (χ0v) is 18.9. The number of guanidine groups is 1. The number of aliphatic imine (C=N–C) groups is 1. The summed E-state index contributed by atoms with van der Waals surface area (Å²) in [5.41, 5.74) is 0. The minimum atomic E-state index is -0.291. The number of amides is 1. The zero-order chi connectivity index (χ0) is 19.2. The number of hydrogen-bond donors (Lipinski definition) is 1. The van der Waals surface area contributed by atoms with E-state index >= 15 is 0 Å². The second kappa shape index (κ2) is 10.8. The Hall–Kier alpha value is -1.65. The van der Waals surface area contributed by atoms with E-state index in [-0.39, 0.29) is 42.2 Å². The van der Waals surface area contributed by atoms with Crippen molar-refractivity contribution in [1.82, 2.24) is 20.1 Å². The summed E-state index contributed by atoms with van der Waals surface area (Å²) >= 11 is 0. The van der Waals surface area contributed by atoms with Gasteiger partial charge in [0.05, 0.1) is 0 Å². The number of halogens is 2. The van der Waals surface area contributed by atoms with Crippen molar-refractivity contribution in [1.29, 1.82) is 0 Å². The number of nitrogens with zero attached hydrogens (tertiary/aromatic N) is 5. The van der Waals surface area contributed by atoms with E-state index in [1.54, 1.807) is 31.3 Å². The fraction of sp³-hybridized carbons (Fsp3) is 0.632. The molecule has 0 aromatic carbocycles. The van der Waals surface area contributed by atoms with E-state index in [1.165, 1.54) is 18.9 Å². The third-order valence-electron chi connectivity index (χ3n) is 5.17. The summed E-state index contributed by atoms with van der Waals surface area (Å²) in [6.07, 6.45) is 6.36. The third-order valence-corrected chi connectivity index (χ3v) is 5.17. The first-order chi connectivity index (χ1) is 13.0. The predicted octanol–water partition coefficient (Wildman–Crippen LogP) is 1.94. The van der Waals surface area contributed by atoms with E-state index < -0.39 is 0 Å². The Bertz CT molecular complexity index is 672. The summed E-state index contributed by atoms with van der Waals surface area (Å²) in [6, 6.07) is 3.47. The number of carbonyl (C=O) groups is 1. The number of pyridine rings is 1. The maximum absolute atomic E-state index is 14.0. The van der Waals surface area contributed by atoms with Gasteiger partial charge in [-0.2, -0.15) is 0 Å². The molecular formula is C19H30FIN6O. The van der Waals surface area contributed by atoms with Crippen LogP contribution < -0.4 is 10.2 Å². The molecular weight excluding hydrogens is 474 g/mol. The number of aromatic nitrogens is 1. The first kappa shape index (κ1) is 22.6. The van der Waals surface area contributed by atoms with E-state index in [1.807, 2.05) is 4.90 Å². The van der Waals surface area contributed by atoms with E-state index in [2.05, 4.69) is 20.2 Å². The average Bonchev–Trinajstić information content (AvgIpc) is 3.18. The Kier molecular flexibility index (Phi) is 8.71. The van der Waals surface area contributed by atoms with E-state index in [0.29, 0.717) is 38.0 Å². The van der Waals surface area contributed by atoms with Crippen molar-refractivity contribution >= 4 is 41.7 Å². The molecule has 1 saturated carbocycles. The van der Waals surface area contributed by atoms with Gasteiger partial charge in [-0.1, -0.05) is 12.8 Å². The lowest BCUT2D eigenvalue weighted by Crippen LogP contribution is -2.54. The molecule has 1 aromatic rings. The first-order valence-electron chi connectivity index (χ1n) is 9.66. The number of rotatable bonds is 4. The molecule has 1 aliphatic heterocycles. The summed E-state index contributed by atoms with van der Waals surface area (Å²) in [4.78, 5) is 26.4. The molecule has 1 N–H and O–H groups in total. The number of hydrogen-bond acceptors (Lipinski definition) is 4. The lowest BCUT2D eigenvalue weighted by molar-refractivity contribution is -0.127. The number of anilines is 1. The summed E-state index contributed by atoms with van der Waals surface area (Å²) < 4.78 is 14.0. The Balaban J connectivity index is 0.00000280. The van der Waals surface area contributed by atoms with Crippen molar-refractivity contribution in [3.05, 3.63) is 24.1 Å². The van der Waals surface area contributed by atoms with Crippen LogP contribution in [0.5, 0.6) is 0 Å². The summed E-state index contributed by atoms with van der Waals surface area (Å²) in [6.45, 7) is 2.90. The quantitative estimate of drug-likeness (QED) is 0.386. The number of likely N-dealkylation sites (N-methyl/N-ethyl adjacent to an activating group) is 1. The van der Waals surface area contributed by atoms with Gasteiger partial charge in [-0.05, 0) is 25.0 Å². The van der Waals surface area contributed by atoms with Crippen LogP contribution in [0, 0.1) is 5.82 Å². The normalized spacial score (nSPS) is 18.0. The Labute approximate surface area is 183 Å². The fourth-order valence-corrected chi connectivity index (χ4v) is 3.51. The lowest BCUT2D eigenvalue weighted by atomic mass is 10.2. The lowest BCUT2D eigenvalue weighted by Gasteiger charge is -2.38. The molecule has 2 fully saturated rings. The maximum atomic E-state index is 14.0. The van der Waals surface area contributed by atoms with Crippen LogP contribution in [-0.4, -0.2) is 79.5 Å². The maximum Gasteiger partial charge on any atom is 0.243 e. The van der Waals surface area contributed by atoms with Gasteiger partial charge in [0.15, 0.2) is 17.6 Å². The van der Waals surface area contributed by atoms with Crippen molar-refractivity contribution in [3.63, 3.8) is 0 Å². The predicted molar refractivity (Wildman–Crippen MR) is 120 cm³/mol. The average molecular weight is 504 g/mol. The van der Waals surface area contributed by atoms with Gasteiger partial charge in [0.1, 0.15) is 6.54 Å². The molecule has 0 spiro atoms. The van der Waals surface area contributed by atoms with Crippen molar-refractivity contribution in [2.24, 2.45) is 4.99 Å². The van der Waals surface area contributed by atoms with E-state index in [9.17, 15) is 9.18 Å². The molecule has 1 saturated heterocycles. The molecule has 1 amide bonds. The molecule has 1 aliphatic carbocycles. The van der Waals surface area contributed by atoms with E-state index in [4.69, 9.17) is 0 Å². The molecule has 2 aliphatic rings. The van der Waals surface area contributed by atoms with Crippen molar-refractivity contribution in [3.8, 4) is 0 Å². The Morgan fingerprint density at radius 3 is 2.57 bits per heavy atom. The van der Waals surface area contributed by atoms with E-state index in [0.717, 1.165) is 18.8 Å². The standard InChI is InChI=1S/C19H29FN6O.HI/c1-24(2)17(27)14-22-19(23-15-6-3-4-7-15)26-12-10-25(11-13-26)18-16(20)8-5-9-21-18;/h5,8-9,15H,3-4,6-7,10-14H2,1-2H3,(H,22,23);1H. The molecule has 0 bridgehead atoms. The van der Waals surface area contributed by atoms with Crippen LogP contribution in [0.15, 0.2) is 23.3 Å². The van der Waals surface area contributed by atoms with Crippen LogP contribution in [-0.2, 0) is 4.79 Å². The number of piperazine rings is 1. The highest BCUT2D eigenvalue weighted by Crippen LogP contribution is 2.19. The Morgan fingerprint density at radius 2 is 1.96 bits per heavy atom. The minimum absolute atomic E-state index is 0. The summed E-state index contributed by atoms with van der Waals surface area (Å²) in [7, 11) is 3.48. The molecule has 28 heavy (non-hydrogen) atoms. The highest BCUT2D eigenvalue weighted by atomic mass is 127. The van der Waals surface area contributed by atoms with Crippen LogP contribution in [0.4, 0.5) is 10.2 Å². The molecule has 2 heterocycles. The van der Waals surface area contributed by atoms with Gasteiger partial charge in [0.2, 0.25) is 5.91 Å². The van der Waals surface area contributed by atoms with Crippen LogP contribution in [0.3, 0.4) is 0 Å². The van der Waals surface area contributed by atoms with Gasteiger partial charge in [0.25, 0.3) is 0 Å². The highest BCUT2D eigenvalue weighted by molar-refractivity contribution is 14.0. The molecule has 7 nitrogen and oxygen atoms in total. The molecule has 0 unspecified atom stereocenters. The third kappa shape index (κ3) is 5.92. The van der Waals surface area contributed by atoms with Crippen molar-refractivity contribution in [2.75, 3.05) is 51.7 Å². The topological polar surface area (TPSA) is 64.1 Å². The van der Waals surface area contributed by atoms with Gasteiger partial charge in [-0.3, -0.25) is 4.79 Å². The summed E-state index contributed by atoms with van der Waals surface area (Å²) in [5.74, 6) is 0.885. The largest absolute Gasteiger partial charge is 0.353 e. The zero-order valence-electron chi connectivity index (χ0n) is 16.6. The molecule has 1 aromatic heterocycles. The smallest absolute Gasteiger partial charge is 0.243 e. The van der Waals surface area contributed by atoms with Gasteiger partial charge in [-0.15, -0.1) is 24.0 Å². The molecule has 3 rings (SSSR count). The minimum Gasteiger partial charge on any atom is -0.353 e. The molecule has 9 heteroatoms.